The third kappa shape index (κ3) is 6.00. The molecule has 0 aliphatic carbocycles. The molecule has 0 unspecified atom stereocenters. The highest BCUT2D eigenvalue weighted by Crippen LogP contribution is 2.24. The van der Waals surface area contributed by atoms with Crippen LogP contribution in [0.15, 0.2) is 52.5 Å². The normalized spacial score (nSPS) is 11.5. The lowest BCUT2D eigenvalue weighted by Crippen LogP contribution is -2.34. The number of hydrazone groups is 1. The zero-order chi connectivity index (χ0) is 20.0. The van der Waals surface area contributed by atoms with Gasteiger partial charge >= 0.3 is 0 Å². The molecule has 0 spiro atoms. The summed E-state index contributed by atoms with van der Waals surface area (Å²) in [5.74, 6) is -0.729. The minimum atomic E-state index is -3.88. The van der Waals surface area contributed by atoms with E-state index in [0.717, 1.165) is 6.21 Å². The van der Waals surface area contributed by atoms with Gasteiger partial charge in [-0.3, -0.25) is 14.9 Å². The average Bonchev–Trinajstić information content (AvgIpc) is 2.61. The molecule has 0 saturated heterocycles. The van der Waals surface area contributed by atoms with Crippen LogP contribution in [0.2, 0.25) is 10.0 Å². The average molecular weight is 431 g/mol. The van der Waals surface area contributed by atoms with E-state index in [1.54, 1.807) is 0 Å². The van der Waals surface area contributed by atoms with Crippen LogP contribution in [-0.2, 0) is 14.8 Å². The van der Waals surface area contributed by atoms with Crippen LogP contribution < -0.4 is 10.1 Å². The standard InChI is InChI=1S/C15H12Cl2N4O5S/c16-11-2-4-12(5-3-11)27(25,26)19-9-15(22)20-18-8-10-1-6-13(17)14(7-10)21(23)24/h1-8,19H,9H2,(H,20,22)/b18-8+. The minimum absolute atomic E-state index is 0.0298. The molecule has 9 nitrogen and oxygen atoms in total. The van der Waals surface area contributed by atoms with E-state index in [-0.39, 0.29) is 15.6 Å². The predicted molar refractivity (Wildman–Crippen MR) is 100 cm³/mol. The molecule has 0 aromatic heterocycles. The fourth-order valence-corrected chi connectivity index (χ4v) is 3.12. The number of nitro benzene ring substituents is 1. The lowest BCUT2D eigenvalue weighted by atomic mass is 10.2. The van der Waals surface area contributed by atoms with Crippen molar-refractivity contribution >= 4 is 51.0 Å². The number of nitro groups is 1. The summed E-state index contributed by atoms with van der Waals surface area (Å²) in [6.45, 7) is -0.553. The molecule has 0 aliphatic heterocycles. The molecule has 12 heteroatoms. The number of carbonyl (C=O) groups excluding carboxylic acids is 1. The Bertz CT molecular complexity index is 994. The largest absolute Gasteiger partial charge is 0.288 e. The van der Waals surface area contributed by atoms with Gasteiger partial charge in [-0.05, 0) is 30.3 Å². The van der Waals surface area contributed by atoms with Crippen molar-refractivity contribution in [1.29, 1.82) is 0 Å². The van der Waals surface area contributed by atoms with Crippen molar-refractivity contribution in [2.45, 2.75) is 4.90 Å². The van der Waals surface area contributed by atoms with Gasteiger partial charge in [-0.1, -0.05) is 29.3 Å². The third-order valence-electron chi connectivity index (χ3n) is 3.12. The molecule has 2 N–H and O–H groups in total. The van der Waals surface area contributed by atoms with Gasteiger partial charge < -0.3 is 0 Å². The fraction of sp³-hybridized carbons (Fsp3) is 0.0667. The second kappa shape index (κ2) is 8.91. The minimum Gasteiger partial charge on any atom is -0.272 e. The predicted octanol–water partition coefficient (Wildman–Crippen LogP) is 2.33. The van der Waals surface area contributed by atoms with Gasteiger partial charge in [0.05, 0.1) is 22.6 Å². The summed E-state index contributed by atoms with van der Waals surface area (Å²) in [7, 11) is -3.88. The molecule has 0 atom stereocenters. The van der Waals surface area contributed by atoms with Gasteiger partial charge in [0.1, 0.15) is 5.02 Å². The molecule has 1 amide bonds. The Morgan fingerprint density at radius 2 is 1.85 bits per heavy atom. The van der Waals surface area contributed by atoms with Crippen molar-refractivity contribution < 1.29 is 18.1 Å². The van der Waals surface area contributed by atoms with Crippen molar-refractivity contribution in [3.8, 4) is 0 Å². The highest BCUT2D eigenvalue weighted by molar-refractivity contribution is 7.89. The highest BCUT2D eigenvalue weighted by Gasteiger charge is 2.15. The van der Waals surface area contributed by atoms with Crippen LogP contribution in [0.1, 0.15) is 5.56 Å². The number of nitrogens with zero attached hydrogens (tertiary/aromatic N) is 2. The number of hydrogen-bond acceptors (Lipinski definition) is 6. The molecular formula is C15H12Cl2N4O5S. The van der Waals surface area contributed by atoms with Crippen LogP contribution in [-0.4, -0.2) is 32.0 Å². The van der Waals surface area contributed by atoms with Crippen LogP contribution in [0.4, 0.5) is 5.69 Å². The second-order valence-corrected chi connectivity index (χ2v) is 7.65. The maximum atomic E-state index is 12.0. The second-order valence-electron chi connectivity index (χ2n) is 5.04. The maximum Gasteiger partial charge on any atom is 0.288 e. The summed E-state index contributed by atoms with van der Waals surface area (Å²) in [6.07, 6.45) is 1.16. The molecule has 0 fully saturated rings. The zero-order valence-corrected chi connectivity index (χ0v) is 15.8. The van der Waals surface area contributed by atoms with Gasteiger partial charge in [0, 0.05) is 16.7 Å². The van der Waals surface area contributed by atoms with Crippen molar-refractivity contribution in [3.05, 3.63) is 68.2 Å². The Morgan fingerprint density at radius 3 is 2.48 bits per heavy atom. The van der Waals surface area contributed by atoms with Gasteiger partial charge in [-0.2, -0.15) is 5.10 Å². The molecule has 142 valence electrons. The highest BCUT2D eigenvalue weighted by atomic mass is 35.5. The lowest BCUT2D eigenvalue weighted by Gasteiger charge is -2.06. The van der Waals surface area contributed by atoms with Crippen molar-refractivity contribution in [2.75, 3.05) is 6.54 Å². The smallest absolute Gasteiger partial charge is 0.272 e. The molecule has 0 radical (unpaired) electrons. The molecule has 27 heavy (non-hydrogen) atoms. The van der Waals surface area contributed by atoms with E-state index < -0.39 is 27.4 Å². The number of amides is 1. The van der Waals surface area contributed by atoms with Gasteiger partial charge in [-0.25, -0.2) is 18.6 Å². The molecule has 2 rings (SSSR count). The Kier molecular flexibility index (Phi) is 6.86. The Labute approximate surface area is 164 Å². The third-order valence-corrected chi connectivity index (χ3v) is 5.11. The van der Waals surface area contributed by atoms with Crippen molar-refractivity contribution in [1.82, 2.24) is 10.1 Å². The molecule has 2 aromatic rings. The van der Waals surface area contributed by atoms with Crippen LogP contribution in [0.5, 0.6) is 0 Å². The summed E-state index contributed by atoms with van der Waals surface area (Å²) in [6, 6.07) is 9.39. The monoisotopic (exact) mass is 430 g/mol. The van der Waals surface area contributed by atoms with E-state index in [4.69, 9.17) is 23.2 Å². The first-order valence-corrected chi connectivity index (χ1v) is 9.44. The molecule has 0 heterocycles. The summed E-state index contributed by atoms with van der Waals surface area (Å²) in [5.41, 5.74) is 2.13. The van der Waals surface area contributed by atoms with Crippen LogP contribution in [0.3, 0.4) is 0 Å². The van der Waals surface area contributed by atoms with E-state index in [1.807, 2.05) is 0 Å². The number of rotatable bonds is 7. The summed E-state index contributed by atoms with van der Waals surface area (Å²) >= 11 is 11.4. The van der Waals surface area contributed by atoms with Gasteiger partial charge in [-0.15, -0.1) is 0 Å². The van der Waals surface area contributed by atoms with Crippen LogP contribution in [0.25, 0.3) is 0 Å². The van der Waals surface area contributed by atoms with E-state index in [9.17, 15) is 23.3 Å². The molecule has 0 bridgehead atoms. The van der Waals surface area contributed by atoms with Gasteiger partial charge in [0.2, 0.25) is 10.0 Å². The van der Waals surface area contributed by atoms with Crippen LogP contribution >= 0.6 is 23.2 Å². The Balaban J connectivity index is 1.92. The van der Waals surface area contributed by atoms with Crippen LogP contribution in [0, 0.1) is 10.1 Å². The van der Waals surface area contributed by atoms with E-state index in [2.05, 4.69) is 15.2 Å². The molecule has 2 aromatic carbocycles. The first-order chi connectivity index (χ1) is 12.7. The number of carbonyl (C=O) groups is 1. The van der Waals surface area contributed by atoms with Crippen molar-refractivity contribution in [2.24, 2.45) is 5.10 Å². The summed E-state index contributed by atoms with van der Waals surface area (Å²) in [4.78, 5) is 21.8. The number of benzene rings is 2. The lowest BCUT2D eigenvalue weighted by molar-refractivity contribution is -0.384. The Morgan fingerprint density at radius 1 is 1.19 bits per heavy atom. The first kappa shape index (κ1) is 20.8. The topological polar surface area (TPSA) is 131 Å². The SMILES string of the molecule is O=C(CNS(=O)(=O)c1ccc(Cl)cc1)N/N=C/c1ccc(Cl)c([N+](=O)[O-])c1. The first-order valence-electron chi connectivity index (χ1n) is 7.20. The Hall–Kier alpha value is -2.53. The van der Waals surface area contributed by atoms with Crippen molar-refractivity contribution in [3.63, 3.8) is 0 Å². The van der Waals surface area contributed by atoms with E-state index in [1.165, 1.54) is 42.5 Å². The van der Waals surface area contributed by atoms with E-state index in [0.29, 0.717) is 10.6 Å². The van der Waals surface area contributed by atoms with Gasteiger partial charge in [0.25, 0.3) is 11.6 Å². The molecule has 0 aliphatic rings. The number of halogens is 2. The summed E-state index contributed by atoms with van der Waals surface area (Å²) < 4.78 is 26.2. The quantitative estimate of drug-likeness (QED) is 0.395. The van der Waals surface area contributed by atoms with Gasteiger partial charge in [0.15, 0.2) is 0 Å². The molecule has 0 saturated carbocycles. The molecular weight excluding hydrogens is 419 g/mol. The number of hydrogen-bond donors (Lipinski definition) is 2. The number of sulfonamides is 1. The summed E-state index contributed by atoms with van der Waals surface area (Å²) in [5, 5.41) is 14.8. The fourth-order valence-electron chi connectivity index (χ4n) is 1.83. The number of nitrogens with one attached hydrogen (secondary N) is 2. The zero-order valence-electron chi connectivity index (χ0n) is 13.4. The van der Waals surface area contributed by atoms with E-state index >= 15 is 0 Å². The maximum absolute atomic E-state index is 12.0.